The molecule has 0 spiro atoms. The number of rotatable bonds is 6. The Morgan fingerprint density at radius 1 is 1.03 bits per heavy atom. The number of sulfonamides is 1. The van der Waals surface area contributed by atoms with Crippen LogP contribution in [-0.4, -0.2) is 41.0 Å². The quantitative estimate of drug-likeness (QED) is 0.361. The molecule has 0 saturated carbocycles. The minimum absolute atomic E-state index is 0.238. The SMILES string of the molecule is CCc1c(Cc2cccc3ccccc23)c(-c2cccc(C)c2)c2n(c1=O)C(C(=O)O)CN(C(C)C)S2(=O)=O. The minimum atomic E-state index is -4.21. The van der Waals surface area contributed by atoms with Crippen LogP contribution in [0.4, 0.5) is 0 Å². The molecule has 1 atom stereocenters. The Balaban J connectivity index is 1.95. The van der Waals surface area contributed by atoms with Crippen LogP contribution in [0.5, 0.6) is 0 Å². The van der Waals surface area contributed by atoms with Crippen molar-refractivity contribution < 1.29 is 18.3 Å². The van der Waals surface area contributed by atoms with Gasteiger partial charge in [-0.1, -0.05) is 79.2 Å². The molecule has 1 N–H and O–H groups in total. The minimum Gasteiger partial charge on any atom is -0.480 e. The normalized spacial score (nSPS) is 16.9. The molecule has 0 saturated heterocycles. The van der Waals surface area contributed by atoms with Gasteiger partial charge in [0.05, 0.1) is 0 Å². The van der Waals surface area contributed by atoms with E-state index in [2.05, 4.69) is 0 Å². The summed E-state index contributed by atoms with van der Waals surface area (Å²) in [5.74, 6) is -1.24. The predicted octanol–water partition coefficient (Wildman–Crippen LogP) is 5.17. The number of carboxylic acids is 1. The zero-order valence-corrected chi connectivity index (χ0v) is 23.3. The summed E-state index contributed by atoms with van der Waals surface area (Å²) in [7, 11) is -4.21. The Labute approximate surface area is 228 Å². The third-order valence-electron chi connectivity index (χ3n) is 7.56. The Bertz CT molecular complexity index is 1770. The van der Waals surface area contributed by atoms with Crippen molar-refractivity contribution in [3.8, 4) is 11.1 Å². The highest BCUT2D eigenvalue weighted by Crippen LogP contribution is 2.40. The van der Waals surface area contributed by atoms with Gasteiger partial charge in [0, 0.05) is 23.7 Å². The summed E-state index contributed by atoms with van der Waals surface area (Å²) in [5.41, 5.74) is 3.43. The third kappa shape index (κ3) is 4.47. The van der Waals surface area contributed by atoms with Crippen LogP contribution in [0.1, 0.15) is 49.1 Å². The molecule has 0 radical (unpaired) electrons. The molecule has 5 rings (SSSR count). The van der Waals surface area contributed by atoms with Crippen LogP contribution in [0, 0.1) is 6.92 Å². The predicted molar refractivity (Wildman–Crippen MR) is 153 cm³/mol. The molecule has 2 heterocycles. The summed E-state index contributed by atoms with van der Waals surface area (Å²) < 4.78 is 30.7. The lowest BCUT2D eigenvalue weighted by atomic mass is 9.89. The smallest absolute Gasteiger partial charge is 0.328 e. The Kier molecular flexibility index (Phi) is 6.95. The van der Waals surface area contributed by atoms with E-state index in [9.17, 15) is 23.1 Å². The van der Waals surface area contributed by atoms with Gasteiger partial charge >= 0.3 is 5.97 Å². The average Bonchev–Trinajstić information content (AvgIpc) is 2.89. The van der Waals surface area contributed by atoms with E-state index in [4.69, 9.17) is 0 Å². The van der Waals surface area contributed by atoms with Crippen LogP contribution in [-0.2, 0) is 27.7 Å². The molecule has 7 nitrogen and oxygen atoms in total. The second kappa shape index (κ2) is 10.1. The lowest BCUT2D eigenvalue weighted by Crippen LogP contribution is -2.52. The number of aromatic nitrogens is 1. The van der Waals surface area contributed by atoms with Crippen molar-refractivity contribution >= 4 is 26.8 Å². The zero-order valence-electron chi connectivity index (χ0n) is 22.5. The molecule has 0 amide bonds. The highest BCUT2D eigenvalue weighted by atomic mass is 32.2. The number of benzene rings is 3. The molecule has 0 aliphatic carbocycles. The van der Waals surface area contributed by atoms with Crippen molar-refractivity contribution in [2.24, 2.45) is 0 Å². The van der Waals surface area contributed by atoms with E-state index in [-0.39, 0.29) is 11.6 Å². The monoisotopic (exact) mass is 544 g/mol. The summed E-state index contributed by atoms with van der Waals surface area (Å²) in [6.45, 7) is 6.90. The molecule has 0 fully saturated rings. The van der Waals surface area contributed by atoms with Gasteiger partial charge in [-0.3, -0.25) is 9.36 Å². The molecule has 1 unspecified atom stereocenters. The number of hydrogen-bond acceptors (Lipinski definition) is 4. The Hall–Kier alpha value is -3.75. The van der Waals surface area contributed by atoms with Gasteiger partial charge in [-0.2, -0.15) is 4.31 Å². The van der Waals surface area contributed by atoms with Crippen LogP contribution in [0.3, 0.4) is 0 Å². The first kappa shape index (κ1) is 26.8. The lowest BCUT2D eigenvalue weighted by Gasteiger charge is -2.37. The fraction of sp³-hybridized carbons (Fsp3) is 0.290. The number of carboxylic acid groups (broad SMARTS) is 1. The zero-order chi connectivity index (χ0) is 28.1. The topological polar surface area (TPSA) is 96.7 Å². The van der Waals surface area contributed by atoms with E-state index in [0.717, 1.165) is 26.5 Å². The maximum absolute atomic E-state index is 14.2. The molecule has 1 aliphatic rings. The van der Waals surface area contributed by atoms with Crippen LogP contribution < -0.4 is 5.56 Å². The Morgan fingerprint density at radius 3 is 2.38 bits per heavy atom. The van der Waals surface area contributed by atoms with Crippen molar-refractivity contribution in [1.82, 2.24) is 8.87 Å². The van der Waals surface area contributed by atoms with E-state index in [1.54, 1.807) is 13.8 Å². The van der Waals surface area contributed by atoms with Gasteiger partial charge in [-0.05, 0) is 61.1 Å². The number of carbonyl (C=O) groups is 1. The molecule has 202 valence electrons. The summed E-state index contributed by atoms with van der Waals surface area (Å²) in [6, 6.07) is 19.6. The fourth-order valence-electron chi connectivity index (χ4n) is 5.74. The van der Waals surface area contributed by atoms with Crippen molar-refractivity contribution in [3.63, 3.8) is 0 Å². The van der Waals surface area contributed by atoms with Crippen LogP contribution in [0.2, 0.25) is 0 Å². The van der Waals surface area contributed by atoms with Crippen LogP contribution in [0.15, 0.2) is 76.6 Å². The largest absolute Gasteiger partial charge is 0.480 e. The summed E-state index contributed by atoms with van der Waals surface area (Å²) in [6.07, 6.45) is 0.657. The molecule has 3 aromatic carbocycles. The maximum Gasteiger partial charge on any atom is 0.328 e. The van der Waals surface area contributed by atoms with E-state index in [1.807, 2.05) is 80.6 Å². The molecule has 1 aromatic heterocycles. The van der Waals surface area contributed by atoms with Crippen molar-refractivity contribution in [1.29, 1.82) is 0 Å². The number of pyridine rings is 1. The summed E-state index contributed by atoms with van der Waals surface area (Å²) >= 11 is 0. The van der Waals surface area contributed by atoms with Gasteiger partial charge < -0.3 is 5.11 Å². The van der Waals surface area contributed by atoms with Gasteiger partial charge in [0.25, 0.3) is 15.6 Å². The molecular weight excluding hydrogens is 512 g/mol. The Morgan fingerprint density at radius 2 is 1.72 bits per heavy atom. The van der Waals surface area contributed by atoms with E-state index in [1.165, 1.54) is 4.31 Å². The highest BCUT2D eigenvalue weighted by Gasteiger charge is 2.45. The fourth-order valence-corrected chi connectivity index (χ4v) is 7.81. The number of fused-ring (bicyclic) bond motifs is 2. The molecule has 39 heavy (non-hydrogen) atoms. The first-order valence-corrected chi connectivity index (χ1v) is 14.6. The van der Waals surface area contributed by atoms with Crippen LogP contribution in [0.25, 0.3) is 21.9 Å². The molecule has 4 aromatic rings. The maximum atomic E-state index is 14.2. The van der Waals surface area contributed by atoms with E-state index >= 15 is 0 Å². The number of aryl methyl sites for hydroxylation is 1. The van der Waals surface area contributed by atoms with Crippen molar-refractivity contribution in [3.05, 3.63) is 99.3 Å². The van der Waals surface area contributed by atoms with Crippen molar-refractivity contribution in [2.75, 3.05) is 6.54 Å². The van der Waals surface area contributed by atoms with Gasteiger partial charge in [-0.25, -0.2) is 13.2 Å². The van der Waals surface area contributed by atoms with E-state index in [0.29, 0.717) is 35.1 Å². The number of nitrogens with zero attached hydrogens (tertiary/aromatic N) is 2. The summed E-state index contributed by atoms with van der Waals surface area (Å²) in [4.78, 5) is 26.6. The molecule has 8 heteroatoms. The number of hydrogen-bond donors (Lipinski definition) is 1. The van der Waals surface area contributed by atoms with Gasteiger partial charge in [0.1, 0.15) is 6.04 Å². The first-order valence-electron chi connectivity index (χ1n) is 13.1. The van der Waals surface area contributed by atoms with Gasteiger partial charge in [-0.15, -0.1) is 0 Å². The third-order valence-corrected chi connectivity index (χ3v) is 9.64. The second-order valence-electron chi connectivity index (χ2n) is 10.4. The standard InChI is InChI=1S/C31H32N2O5S/c1-5-24-26(17-22-13-9-12-21-11-6-7-15-25(21)22)28(23-14-8-10-20(4)16-23)30-33(29(24)34)27(31(35)36)18-32(19(2)3)39(30,37)38/h6-16,19,27H,5,17-18H2,1-4H3,(H,35,36). The van der Waals surface area contributed by atoms with E-state index < -0.39 is 33.6 Å². The molecule has 0 bridgehead atoms. The van der Waals surface area contributed by atoms with Gasteiger partial charge in [0.2, 0.25) is 0 Å². The first-order chi connectivity index (χ1) is 18.6. The average molecular weight is 545 g/mol. The second-order valence-corrected chi connectivity index (χ2v) is 12.2. The highest BCUT2D eigenvalue weighted by molar-refractivity contribution is 7.89. The van der Waals surface area contributed by atoms with Crippen molar-refractivity contribution in [2.45, 2.75) is 57.6 Å². The molecule has 1 aliphatic heterocycles. The van der Waals surface area contributed by atoms with Crippen LogP contribution >= 0.6 is 0 Å². The molecular formula is C31H32N2O5S. The van der Waals surface area contributed by atoms with Gasteiger partial charge in [0.15, 0.2) is 5.03 Å². The number of aliphatic carboxylic acids is 1. The lowest BCUT2D eigenvalue weighted by molar-refractivity contribution is -0.141. The summed E-state index contributed by atoms with van der Waals surface area (Å²) in [5, 5.41) is 12.0.